The lowest BCUT2D eigenvalue weighted by Gasteiger charge is -2.33. The van der Waals surface area contributed by atoms with Gasteiger partial charge < -0.3 is 9.47 Å². The topological polar surface area (TPSA) is 60.0 Å². The minimum absolute atomic E-state index is 0.124. The Bertz CT molecular complexity index is 1050. The highest BCUT2D eigenvalue weighted by Gasteiger charge is 2.28. The van der Waals surface area contributed by atoms with Crippen LogP contribution in [0.15, 0.2) is 66.7 Å². The Hall–Kier alpha value is -3.02. The van der Waals surface area contributed by atoms with Gasteiger partial charge in [-0.1, -0.05) is 54.6 Å². The van der Waals surface area contributed by atoms with Gasteiger partial charge in [-0.2, -0.15) is 5.10 Å². The van der Waals surface area contributed by atoms with Crippen LogP contribution in [-0.4, -0.2) is 21.5 Å². The van der Waals surface area contributed by atoms with Crippen molar-refractivity contribution in [3.63, 3.8) is 0 Å². The molecule has 0 aliphatic carbocycles. The molecule has 1 saturated heterocycles. The summed E-state index contributed by atoms with van der Waals surface area (Å²) in [4.78, 5) is 4.69. The van der Waals surface area contributed by atoms with Gasteiger partial charge in [0.15, 0.2) is 18.2 Å². The van der Waals surface area contributed by atoms with Gasteiger partial charge in [0.05, 0.1) is 11.4 Å². The van der Waals surface area contributed by atoms with Gasteiger partial charge in [0.25, 0.3) is 0 Å². The molecule has 2 aromatic heterocycles. The first-order valence-electron chi connectivity index (χ1n) is 8.60. The average molecular weight is 343 g/mol. The molecule has 128 valence electrons. The first kappa shape index (κ1) is 15.3. The second-order valence-corrected chi connectivity index (χ2v) is 6.33. The Morgan fingerprint density at radius 1 is 0.846 bits per heavy atom. The largest absolute Gasteiger partial charge is 0.320 e. The van der Waals surface area contributed by atoms with Crippen molar-refractivity contribution in [2.75, 3.05) is 0 Å². The second kappa shape index (κ2) is 6.05. The van der Waals surface area contributed by atoms with Crippen molar-refractivity contribution in [1.82, 2.24) is 15.2 Å². The third kappa shape index (κ3) is 2.58. The van der Waals surface area contributed by atoms with Crippen molar-refractivity contribution < 1.29 is 9.47 Å². The molecule has 5 nitrogen and oxygen atoms in total. The highest BCUT2D eigenvalue weighted by Crippen LogP contribution is 2.33. The molecule has 0 bridgehead atoms. The van der Waals surface area contributed by atoms with Gasteiger partial charge in [-0.3, -0.25) is 5.10 Å². The van der Waals surface area contributed by atoms with Crippen molar-refractivity contribution in [2.45, 2.75) is 19.5 Å². The quantitative estimate of drug-likeness (QED) is 0.586. The third-order valence-corrected chi connectivity index (χ3v) is 4.59. The van der Waals surface area contributed by atoms with Crippen LogP contribution in [0.2, 0.25) is 0 Å². The molecule has 1 N–H and O–H groups in total. The number of nitrogens with one attached hydrogen (secondary N) is 1. The number of aromatic nitrogens is 3. The van der Waals surface area contributed by atoms with Gasteiger partial charge in [-0.15, -0.1) is 0 Å². The van der Waals surface area contributed by atoms with E-state index in [0.717, 1.165) is 33.5 Å². The van der Waals surface area contributed by atoms with Gasteiger partial charge in [-0.25, -0.2) is 4.98 Å². The summed E-state index contributed by atoms with van der Waals surface area (Å²) in [5, 5.41) is 8.51. The van der Waals surface area contributed by atoms with Crippen LogP contribution in [0.3, 0.4) is 0 Å². The fourth-order valence-electron chi connectivity index (χ4n) is 3.21. The fraction of sp³-hybridized carbons (Fsp3) is 0.143. The van der Waals surface area contributed by atoms with Crippen LogP contribution in [-0.2, 0) is 9.47 Å². The lowest BCUT2D eigenvalue weighted by molar-refractivity contribution is -0.382. The third-order valence-electron chi connectivity index (χ3n) is 4.59. The van der Waals surface area contributed by atoms with Crippen LogP contribution in [0.1, 0.15) is 18.8 Å². The summed E-state index contributed by atoms with van der Waals surface area (Å²) in [5.74, 6) is 0. The number of hydrogen-bond acceptors (Lipinski definition) is 4. The first-order chi connectivity index (χ1) is 12.8. The average Bonchev–Trinajstić information content (AvgIpc) is 3.10. The summed E-state index contributed by atoms with van der Waals surface area (Å²) in [7, 11) is 0. The zero-order valence-corrected chi connectivity index (χ0v) is 14.2. The first-order valence-corrected chi connectivity index (χ1v) is 8.60. The molecule has 2 aromatic carbocycles. The highest BCUT2D eigenvalue weighted by molar-refractivity contribution is 5.91. The minimum atomic E-state index is -0.257. The van der Waals surface area contributed by atoms with E-state index in [4.69, 9.17) is 9.47 Å². The molecule has 5 heteroatoms. The van der Waals surface area contributed by atoms with Crippen LogP contribution in [0.5, 0.6) is 0 Å². The van der Waals surface area contributed by atoms with E-state index in [1.54, 1.807) is 0 Å². The summed E-state index contributed by atoms with van der Waals surface area (Å²) in [6, 6.07) is 22.3. The summed E-state index contributed by atoms with van der Waals surface area (Å²) >= 11 is 0. The number of hydrogen-bond donors (Lipinski definition) is 1. The van der Waals surface area contributed by atoms with Crippen molar-refractivity contribution in [2.24, 2.45) is 0 Å². The molecule has 1 aliphatic rings. The highest BCUT2D eigenvalue weighted by atomic mass is 16.9. The van der Waals surface area contributed by atoms with Crippen LogP contribution >= 0.6 is 0 Å². The fourth-order valence-corrected chi connectivity index (χ4v) is 3.21. The van der Waals surface area contributed by atoms with E-state index < -0.39 is 0 Å². The molecule has 3 heterocycles. The van der Waals surface area contributed by atoms with Gasteiger partial charge in [0.2, 0.25) is 0 Å². The van der Waals surface area contributed by atoms with Crippen LogP contribution in [0, 0.1) is 0 Å². The number of ether oxygens (including phenoxy) is 2. The molecule has 0 unspecified atom stereocenters. The lowest BCUT2D eigenvalue weighted by atomic mass is 10.1. The van der Waals surface area contributed by atoms with Crippen molar-refractivity contribution in [1.29, 1.82) is 0 Å². The number of pyridine rings is 1. The Labute approximate surface area is 150 Å². The van der Waals surface area contributed by atoms with Crippen molar-refractivity contribution >= 4 is 11.0 Å². The molecule has 1 aliphatic heterocycles. The number of aromatic amines is 1. The Morgan fingerprint density at radius 2 is 1.62 bits per heavy atom. The number of rotatable bonds is 3. The molecular formula is C21H17N3O2. The molecular weight excluding hydrogens is 326 g/mol. The maximum atomic E-state index is 5.53. The predicted molar refractivity (Wildman–Crippen MR) is 99.1 cm³/mol. The van der Waals surface area contributed by atoms with E-state index in [0.29, 0.717) is 5.65 Å². The molecule has 0 atom stereocenters. The van der Waals surface area contributed by atoms with Gasteiger partial charge in [-0.05, 0) is 19.1 Å². The number of nitrogens with zero attached hydrogens (tertiary/aromatic N) is 2. The summed E-state index contributed by atoms with van der Waals surface area (Å²) < 4.78 is 11.1. The second-order valence-electron chi connectivity index (χ2n) is 6.33. The Kier molecular flexibility index (Phi) is 3.55. The summed E-state index contributed by atoms with van der Waals surface area (Å²) in [6.45, 7) is 1.89. The molecule has 4 aromatic rings. The molecule has 0 radical (unpaired) electrons. The maximum Gasteiger partial charge on any atom is 0.189 e. The normalized spacial score (nSPS) is 19.4. The zero-order chi connectivity index (χ0) is 17.5. The number of fused-ring (bicyclic) bond motifs is 1. The predicted octanol–water partition coefficient (Wildman–Crippen LogP) is 4.68. The lowest BCUT2D eigenvalue weighted by Crippen LogP contribution is -2.31. The molecule has 0 saturated carbocycles. The van der Waals surface area contributed by atoms with Gasteiger partial charge in [0.1, 0.15) is 0 Å². The van der Waals surface area contributed by atoms with E-state index in [2.05, 4.69) is 21.2 Å². The van der Waals surface area contributed by atoms with E-state index in [-0.39, 0.29) is 12.6 Å². The zero-order valence-electron chi connectivity index (χ0n) is 14.2. The van der Waals surface area contributed by atoms with Crippen LogP contribution in [0.4, 0.5) is 0 Å². The van der Waals surface area contributed by atoms with Gasteiger partial charge >= 0.3 is 0 Å². The number of benzene rings is 2. The van der Waals surface area contributed by atoms with E-state index >= 15 is 0 Å². The molecule has 0 spiro atoms. The summed E-state index contributed by atoms with van der Waals surface area (Å²) in [5.41, 5.74) is 5.74. The van der Waals surface area contributed by atoms with Crippen LogP contribution < -0.4 is 0 Å². The summed E-state index contributed by atoms with van der Waals surface area (Å²) in [6.07, 6.45) is -0.381. The molecule has 0 amide bonds. The SMILES string of the molecule is CC1OC(c2ccc(-c3[nH]nc4nc(-c5ccccc5)ccc34)cc2)O1. The van der Waals surface area contributed by atoms with E-state index in [1.807, 2.05) is 67.6 Å². The van der Waals surface area contributed by atoms with Crippen molar-refractivity contribution in [3.05, 3.63) is 72.3 Å². The minimum Gasteiger partial charge on any atom is -0.320 e. The molecule has 26 heavy (non-hydrogen) atoms. The number of H-pyrrole nitrogens is 1. The smallest absolute Gasteiger partial charge is 0.189 e. The van der Waals surface area contributed by atoms with Gasteiger partial charge in [0, 0.05) is 22.1 Å². The van der Waals surface area contributed by atoms with Crippen LogP contribution in [0.25, 0.3) is 33.5 Å². The Morgan fingerprint density at radius 3 is 2.35 bits per heavy atom. The monoisotopic (exact) mass is 343 g/mol. The maximum absolute atomic E-state index is 5.53. The van der Waals surface area contributed by atoms with Crippen molar-refractivity contribution in [3.8, 4) is 22.5 Å². The molecule has 1 fully saturated rings. The standard InChI is InChI=1S/C21H17N3O2/c1-13-25-21(26-13)16-9-7-15(8-10-16)19-17-11-12-18(22-20(17)24-23-19)14-5-3-2-4-6-14/h2-13,21H,1H3,(H,22,23,24). The van der Waals surface area contributed by atoms with E-state index in [1.165, 1.54) is 0 Å². The Balaban J connectivity index is 1.48. The van der Waals surface area contributed by atoms with E-state index in [9.17, 15) is 0 Å². The molecule has 5 rings (SSSR count).